The number of anilines is 1. The van der Waals surface area contributed by atoms with Crippen LogP contribution in [-0.2, 0) is 19.4 Å². The smallest absolute Gasteiger partial charge is 0.242 e. The molecular formula is C16H19N3O4S. The number of benzene rings is 1. The van der Waals surface area contributed by atoms with E-state index in [0.717, 1.165) is 0 Å². The van der Waals surface area contributed by atoms with Crippen LogP contribution in [0.1, 0.15) is 18.9 Å². The van der Waals surface area contributed by atoms with Crippen molar-refractivity contribution in [3.8, 4) is 6.07 Å². The number of rotatable bonds is 4. The highest BCUT2D eigenvalue weighted by Crippen LogP contribution is 2.21. The van der Waals surface area contributed by atoms with Crippen molar-refractivity contribution in [2.24, 2.45) is 0 Å². The Morgan fingerprint density at radius 3 is 2.54 bits per heavy atom. The summed E-state index contributed by atoms with van der Waals surface area (Å²) in [5.41, 5.74) is 0.667. The Morgan fingerprint density at radius 1 is 1.33 bits per heavy atom. The molecule has 1 aliphatic rings. The second-order valence-electron chi connectivity index (χ2n) is 5.80. The maximum atomic E-state index is 12.5. The largest absolute Gasteiger partial charge is 0.340 e. The molecule has 7 nitrogen and oxygen atoms in total. The molecule has 0 aromatic heterocycles. The van der Waals surface area contributed by atoms with Gasteiger partial charge in [-0.25, -0.2) is 8.42 Å². The lowest BCUT2D eigenvalue weighted by Crippen LogP contribution is -2.45. The van der Waals surface area contributed by atoms with Crippen LogP contribution < -0.4 is 4.90 Å². The number of carbonyl (C=O) groups is 2. The van der Waals surface area contributed by atoms with Crippen molar-refractivity contribution >= 4 is 27.3 Å². The van der Waals surface area contributed by atoms with Gasteiger partial charge in [0.2, 0.25) is 11.8 Å². The molecule has 0 saturated carbocycles. The fraction of sp³-hybridized carbons (Fsp3) is 0.438. The second-order valence-corrected chi connectivity index (χ2v) is 8.02. The van der Waals surface area contributed by atoms with Crippen LogP contribution in [0.2, 0.25) is 0 Å². The summed E-state index contributed by atoms with van der Waals surface area (Å²) in [7, 11) is -1.56. The average Bonchev–Trinajstić information content (AvgIpc) is 2.91. The van der Waals surface area contributed by atoms with Gasteiger partial charge in [0, 0.05) is 20.0 Å². The Kier molecular flexibility index (Phi) is 5.24. The quantitative estimate of drug-likeness (QED) is 0.791. The van der Waals surface area contributed by atoms with Crippen LogP contribution >= 0.6 is 0 Å². The van der Waals surface area contributed by atoms with Crippen LogP contribution in [0.4, 0.5) is 5.69 Å². The number of amides is 2. The van der Waals surface area contributed by atoms with E-state index in [1.54, 1.807) is 31.3 Å². The summed E-state index contributed by atoms with van der Waals surface area (Å²) < 4.78 is 23.1. The monoisotopic (exact) mass is 349 g/mol. The van der Waals surface area contributed by atoms with Gasteiger partial charge in [-0.2, -0.15) is 5.26 Å². The van der Waals surface area contributed by atoms with Crippen molar-refractivity contribution in [1.82, 2.24) is 4.90 Å². The minimum atomic E-state index is -3.10. The predicted octanol–water partition coefficient (Wildman–Crippen LogP) is 0.557. The normalized spacial score (nSPS) is 18.6. The van der Waals surface area contributed by atoms with Crippen LogP contribution in [0, 0.1) is 11.3 Å². The fourth-order valence-electron chi connectivity index (χ4n) is 2.70. The van der Waals surface area contributed by atoms with Crippen molar-refractivity contribution in [2.75, 3.05) is 30.0 Å². The molecule has 0 N–H and O–H groups in total. The Balaban J connectivity index is 2.18. The standard InChI is InChI=1S/C16H19N3O4S/c1-12(20)19(15-6-4-3-5-13(15)9-17)10-16(21)18(2)14-7-8-24(22,23)11-14/h3-6,14H,7-8,10-11H2,1-2H3. The lowest BCUT2D eigenvalue weighted by molar-refractivity contribution is -0.131. The van der Waals surface area contributed by atoms with Crippen LogP contribution in [0.5, 0.6) is 0 Å². The Bertz CT molecular complexity index is 798. The number of nitrogens with zero attached hydrogens (tertiary/aromatic N) is 3. The van der Waals surface area contributed by atoms with E-state index in [1.807, 2.05) is 6.07 Å². The number of sulfone groups is 1. The summed E-state index contributed by atoms with van der Waals surface area (Å²) in [6.07, 6.45) is 0.402. The third-order valence-electron chi connectivity index (χ3n) is 4.14. The van der Waals surface area contributed by atoms with Gasteiger partial charge in [0.25, 0.3) is 0 Å². The molecule has 1 unspecified atom stereocenters. The van der Waals surface area contributed by atoms with Crippen LogP contribution in [0.15, 0.2) is 24.3 Å². The Labute approximate surface area is 141 Å². The number of hydrogen-bond donors (Lipinski definition) is 0. The summed E-state index contributed by atoms with van der Waals surface area (Å²) in [6, 6.07) is 8.17. The zero-order chi connectivity index (χ0) is 17.9. The van der Waals surface area contributed by atoms with E-state index in [2.05, 4.69) is 0 Å². The zero-order valence-electron chi connectivity index (χ0n) is 13.6. The number of para-hydroxylation sites is 1. The number of likely N-dealkylation sites (N-methyl/N-ethyl adjacent to an activating group) is 1. The summed E-state index contributed by atoms with van der Waals surface area (Å²) >= 11 is 0. The molecule has 0 spiro atoms. The molecule has 1 saturated heterocycles. The highest BCUT2D eigenvalue weighted by molar-refractivity contribution is 7.91. The van der Waals surface area contributed by atoms with Crippen LogP contribution in [0.3, 0.4) is 0 Å². The van der Waals surface area contributed by atoms with E-state index in [1.165, 1.54) is 16.7 Å². The molecule has 2 amide bonds. The first-order valence-corrected chi connectivity index (χ1v) is 9.30. The van der Waals surface area contributed by atoms with Crippen LogP contribution in [-0.4, -0.2) is 56.3 Å². The van der Waals surface area contributed by atoms with E-state index in [4.69, 9.17) is 0 Å². The number of carbonyl (C=O) groups excluding carboxylic acids is 2. The lowest BCUT2D eigenvalue weighted by Gasteiger charge is -2.28. The number of hydrogen-bond acceptors (Lipinski definition) is 5. The van der Waals surface area contributed by atoms with Crippen molar-refractivity contribution in [3.63, 3.8) is 0 Å². The molecule has 1 aromatic carbocycles. The first kappa shape index (κ1) is 17.9. The molecule has 128 valence electrons. The third-order valence-corrected chi connectivity index (χ3v) is 5.89. The molecule has 1 atom stereocenters. The van der Waals surface area contributed by atoms with Gasteiger partial charge in [-0.15, -0.1) is 0 Å². The first-order valence-electron chi connectivity index (χ1n) is 7.48. The molecule has 1 aliphatic heterocycles. The van der Waals surface area contributed by atoms with Gasteiger partial charge < -0.3 is 9.80 Å². The van der Waals surface area contributed by atoms with Gasteiger partial charge >= 0.3 is 0 Å². The zero-order valence-corrected chi connectivity index (χ0v) is 14.4. The summed E-state index contributed by atoms with van der Waals surface area (Å²) in [5.74, 6) is -0.703. The second kappa shape index (κ2) is 7.01. The summed E-state index contributed by atoms with van der Waals surface area (Å²) in [5, 5.41) is 9.17. The first-order chi connectivity index (χ1) is 11.2. The molecule has 0 radical (unpaired) electrons. The van der Waals surface area contributed by atoms with Crippen molar-refractivity contribution in [3.05, 3.63) is 29.8 Å². The van der Waals surface area contributed by atoms with Crippen molar-refractivity contribution < 1.29 is 18.0 Å². The van der Waals surface area contributed by atoms with E-state index in [9.17, 15) is 23.3 Å². The Morgan fingerprint density at radius 2 is 2.00 bits per heavy atom. The van der Waals surface area contributed by atoms with Crippen LogP contribution in [0.25, 0.3) is 0 Å². The average molecular weight is 349 g/mol. The third kappa shape index (κ3) is 3.92. The lowest BCUT2D eigenvalue weighted by atomic mass is 10.1. The van der Waals surface area contributed by atoms with Gasteiger partial charge in [0.1, 0.15) is 12.6 Å². The van der Waals surface area contributed by atoms with Gasteiger partial charge in [-0.1, -0.05) is 12.1 Å². The van der Waals surface area contributed by atoms with E-state index in [-0.39, 0.29) is 35.9 Å². The van der Waals surface area contributed by atoms with Crippen molar-refractivity contribution in [1.29, 1.82) is 5.26 Å². The Hall–Kier alpha value is -2.40. The molecule has 2 rings (SSSR count). The minimum Gasteiger partial charge on any atom is -0.340 e. The maximum absolute atomic E-state index is 12.5. The van der Waals surface area contributed by atoms with E-state index >= 15 is 0 Å². The molecule has 1 aromatic rings. The van der Waals surface area contributed by atoms with Gasteiger partial charge in [0.15, 0.2) is 9.84 Å². The molecule has 8 heteroatoms. The molecule has 1 heterocycles. The highest BCUT2D eigenvalue weighted by Gasteiger charge is 2.33. The molecular weight excluding hydrogens is 330 g/mol. The van der Waals surface area contributed by atoms with Gasteiger partial charge in [-0.05, 0) is 18.6 Å². The highest BCUT2D eigenvalue weighted by atomic mass is 32.2. The molecule has 0 aliphatic carbocycles. The van der Waals surface area contributed by atoms with E-state index < -0.39 is 9.84 Å². The summed E-state index contributed by atoms with van der Waals surface area (Å²) in [4.78, 5) is 27.0. The van der Waals surface area contributed by atoms with E-state index in [0.29, 0.717) is 17.7 Å². The number of nitriles is 1. The molecule has 1 fully saturated rings. The maximum Gasteiger partial charge on any atom is 0.242 e. The molecule has 0 bridgehead atoms. The SMILES string of the molecule is CC(=O)N(CC(=O)N(C)C1CCS(=O)(=O)C1)c1ccccc1C#N. The predicted molar refractivity (Wildman–Crippen MR) is 89.0 cm³/mol. The fourth-order valence-corrected chi connectivity index (χ4v) is 4.48. The molecule has 24 heavy (non-hydrogen) atoms. The summed E-state index contributed by atoms with van der Waals surface area (Å²) in [6.45, 7) is 1.09. The van der Waals surface area contributed by atoms with Gasteiger partial charge in [-0.3, -0.25) is 9.59 Å². The topological polar surface area (TPSA) is 98.6 Å². The van der Waals surface area contributed by atoms with Gasteiger partial charge in [0.05, 0.1) is 22.8 Å². The minimum absolute atomic E-state index is 0.0515. The van der Waals surface area contributed by atoms with Crippen molar-refractivity contribution in [2.45, 2.75) is 19.4 Å².